The summed E-state index contributed by atoms with van der Waals surface area (Å²) < 4.78 is 4.46. The van der Waals surface area contributed by atoms with Crippen LogP contribution in [0.2, 0.25) is 5.02 Å². The monoisotopic (exact) mass is 297 g/mol. The van der Waals surface area contributed by atoms with Crippen molar-refractivity contribution in [3.05, 3.63) is 40.6 Å². The summed E-state index contributed by atoms with van der Waals surface area (Å²) in [5.41, 5.74) is -0.0361. The summed E-state index contributed by atoms with van der Waals surface area (Å²) in [5, 5.41) is 11.5. The number of hydrogen-bond acceptors (Lipinski definition) is 5. The van der Waals surface area contributed by atoms with Crippen molar-refractivity contribution in [3.8, 4) is 0 Å². The Morgan fingerprint density at radius 1 is 1.35 bits per heavy atom. The van der Waals surface area contributed by atoms with Gasteiger partial charge in [0, 0.05) is 6.20 Å². The molecule has 0 aromatic heterocycles. The quantitative estimate of drug-likeness (QED) is 0.374. The van der Waals surface area contributed by atoms with Gasteiger partial charge in [0.25, 0.3) is 0 Å². The molecule has 1 aromatic rings. The van der Waals surface area contributed by atoms with E-state index in [-0.39, 0.29) is 21.8 Å². The fourth-order valence-electron chi connectivity index (χ4n) is 1.37. The molecule has 0 spiro atoms. The lowest BCUT2D eigenvalue weighted by atomic mass is 10.2. The van der Waals surface area contributed by atoms with E-state index in [1.165, 1.54) is 25.1 Å². The van der Waals surface area contributed by atoms with E-state index in [2.05, 4.69) is 10.1 Å². The minimum Gasteiger partial charge on any atom is -0.478 e. The van der Waals surface area contributed by atoms with E-state index in [9.17, 15) is 14.4 Å². The number of carboxylic acids is 1. The fourth-order valence-corrected chi connectivity index (χ4v) is 1.63. The van der Waals surface area contributed by atoms with Gasteiger partial charge >= 0.3 is 11.9 Å². The number of benzene rings is 1. The number of ketones is 1. The van der Waals surface area contributed by atoms with E-state index in [0.29, 0.717) is 0 Å². The molecule has 0 aliphatic rings. The number of anilines is 1. The van der Waals surface area contributed by atoms with Crippen molar-refractivity contribution in [1.29, 1.82) is 0 Å². The molecule has 2 N–H and O–H groups in total. The van der Waals surface area contributed by atoms with Crippen LogP contribution in [0.3, 0.4) is 0 Å². The summed E-state index contributed by atoms with van der Waals surface area (Å²) in [6.07, 6.45) is 1.13. The minimum atomic E-state index is -1.18. The molecule has 0 heterocycles. The molecule has 20 heavy (non-hydrogen) atoms. The van der Waals surface area contributed by atoms with Crippen molar-refractivity contribution in [1.82, 2.24) is 0 Å². The molecule has 106 valence electrons. The Bertz CT molecular complexity index is 594. The van der Waals surface area contributed by atoms with Crippen molar-refractivity contribution < 1.29 is 24.2 Å². The van der Waals surface area contributed by atoms with Crippen molar-refractivity contribution in [2.45, 2.75) is 6.92 Å². The predicted octanol–water partition coefficient (Wildman–Crippen LogP) is 2.10. The number of hydrogen-bond donors (Lipinski definition) is 2. The van der Waals surface area contributed by atoms with Crippen LogP contribution in [0.5, 0.6) is 0 Å². The first-order valence-electron chi connectivity index (χ1n) is 5.46. The SMILES string of the molecule is COC(=O)C(=CNc1cccc(C(=O)O)c1Cl)C(C)=O. The molecule has 0 saturated heterocycles. The maximum absolute atomic E-state index is 11.4. The highest BCUT2D eigenvalue weighted by Crippen LogP contribution is 2.26. The number of Topliss-reactive ketones (excluding diaryl/α,β-unsaturated/α-hetero) is 1. The standard InChI is InChI=1S/C13H12ClNO5/c1-7(16)9(13(19)20-2)6-15-10-5-3-4-8(11(10)14)12(17)18/h3-6,15H,1-2H3,(H,17,18). The number of aromatic carboxylic acids is 1. The van der Waals surface area contributed by atoms with Gasteiger partial charge in [-0.2, -0.15) is 0 Å². The molecule has 0 radical (unpaired) electrons. The molecule has 0 fully saturated rings. The van der Waals surface area contributed by atoms with E-state index in [0.717, 1.165) is 13.3 Å². The average Bonchev–Trinajstić information content (AvgIpc) is 2.39. The Labute approximate surface area is 120 Å². The summed E-state index contributed by atoms with van der Waals surface area (Å²) >= 11 is 5.91. The molecule has 6 nitrogen and oxygen atoms in total. The molecule has 0 atom stereocenters. The molecular weight excluding hydrogens is 286 g/mol. The third kappa shape index (κ3) is 3.58. The van der Waals surface area contributed by atoms with Crippen LogP contribution in [0.4, 0.5) is 5.69 Å². The number of carbonyl (C=O) groups is 3. The highest BCUT2D eigenvalue weighted by molar-refractivity contribution is 6.36. The van der Waals surface area contributed by atoms with Crippen molar-refractivity contribution in [2.75, 3.05) is 12.4 Å². The fraction of sp³-hybridized carbons (Fsp3) is 0.154. The van der Waals surface area contributed by atoms with E-state index in [4.69, 9.17) is 16.7 Å². The highest BCUT2D eigenvalue weighted by Gasteiger charge is 2.16. The predicted molar refractivity (Wildman–Crippen MR) is 72.8 cm³/mol. The van der Waals surface area contributed by atoms with Crippen molar-refractivity contribution in [3.63, 3.8) is 0 Å². The molecule has 0 unspecified atom stereocenters. The second kappa shape index (κ2) is 6.72. The van der Waals surface area contributed by atoms with Crippen LogP contribution < -0.4 is 5.32 Å². The average molecular weight is 298 g/mol. The summed E-state index contributed by atoms with van der Waals surface area (Å²) in [4.78, 5) is 33.6. The van der Waals surface area contributed by atoms with Crippen LogP contribution >= 0.6 is 11.6 Å². The normalized spacial score (nSPS) is 10.8. The van der Waals surface area contributed by atoms with Gasteiger partial charge in [0.1, 0.15) is 5.57 Å². The van der Waals surface area contributed by atoms with Gasteiger partial charge in [0.15, 0.2) is 5.78 Å². The van der Waals surface area contributed by atoms with E-state index >= 15 is 0 Å². The first kappa shape index (κ1) is 15.7. The van der Waals surface area contributed by atoms with Crippen LogP contribution in [-0.2, 0) is 14.3 Å². The smallest absolute Gasteiger partial charge is 0.342 e. The van der Waals surface area contributed by atoms with Crippen LogP contribution in [0, 0.1) is 0 Å². The molecule has 1 rings (SSSR count). The van der Waals surface area contributed by atoms with E-state index in [1.54, 1.807) is 0 Å². The Morgan fingerprint density at radius 2 is 2.00 bits per heavy atom. The van der Waals surface area contributed by atoms with Gasteiger partial charge in [-0.15, -0.1) is 0 Å². The number of halogens is 1. The van der Waals surface area contributed by atoms with Crippen molar-refractivity contribution in [2.24, 2.45) is 0 Å². The zero-order valence-electron chi connectivity index (χ0n) is 10.8. The zero-order chi connectivity index (χ0) is 15.3. The van der Waals surface area contributed by atoms with Crippen LogP contribution in [0.15, 0.2) is 30.0 Å². The first-order chi connectivity index (χ1) is 9.38. The third-order valence-corrected chi connectivity index (χ3v) is 2.79. The number of methoxy groups -OCH3 is 1. The summed E-state index contributed by atoms with van der Waals surface area (Å²) in [6, 6.07) is 4.34. The molecule has 0 amide bonds. The lowest BCUT2D eigenvalue weighted by molar-refractivity contribution is -0.137. The molecule has 0 aliphatic heterocycles. The Kier molecular flexibility index (Phi) is 5.28. The molecule has 7 heteroatoms. The number of rotatable bonds is 5. The molecule has 0 aliphatic carbocycles. The van der Waals surface area contributed by atoms with Gasteiger partial charge in [-0.3, -0.25) is 4.79 Å². The van der Waals surface area contributed by atoms with Gasteiger partial charge in [-0.25, -0.2) is 9.59 Å². The third-order valence-electron chi connectivity index (χ3n) is 2.39. The van der Waals surface area contributed by atoms with Crippen LogP contribution in [0.25, 0.3) is 0 Å². The lowest BCUT2D eigenvalue weighted by Crippen LogP contribution is -2.13. The molecule has 0 bridgehead atoms. The number of ether oxygens (including phenoxy) is 1. The Hall–Kier alpha value is -2.34. The number of carbonyl (C=O) groups excluding carboxylic acids is 2. The van der Waals surface area contributed by atoms with E-state index < -0.39 is 17.7 Å². The highest BCUT2D eigenvalue weighted by atomic mass is 35.5. The summed E-state index contributed by atoms with van der Waals surface area (Å²) in [5.74, 6) is -2.47. The minimum absolute atomic E-state index is 0.0241. The lowest BCUT2D eigenvalue weighted by Gasteiger charge is -2.08. The molecule has 1 aromatic carbocycles. The molecular formula is C13H12ClNO5. The van der Waals surface area contributed by atoms with Crippen LogP contribution in [-0.4, -0.2) is 29.9 Å². The largest absolute Gasteiger partial charge is 0.478 e. The van der Waals surface area contributed by atoms with Crippen LogP contribution in [0.1, 0.15) is 17.3 Å². The van der Waals surface area contributed by atoms with Gasteiger partial charge in [0.2, 0.25) is 0 Å². The van der Waals surface area contributed by atoms with Gasteiger partial charge in [0.05, 0.1) is 23.4 Å². The number of carboxylic acid groups (broad SMARTS) is 1. The Balaban J connectivity index is 3.10. The van der Waals surface area contributed by atoms with Gasteiger partial charge in [-0.05, 0) is 19.1 Å². The maximum atomic E-state index is 11.4. The zero-order valence-corrected chi connectivity index (χ0v) is 11.5. The van der Waals surface area contributed by atoms with Gasteiger partial charge in [-0.1, -0.05) is 17.7 Å². The Morgan fingerprint density at radius 3 is 2.50 bits per heavy atom. The van der Waals surface area contributed by atoms with Gasteiger partial charge < -0.3 is 15.2 Å². The molecule has 0 saturated carbocycles. The second-order valence-corrected chi connectivity index (χ2v) is 4.10. The summed E-state index contributed by atoms with van der Waals surface area (Å²) in [6.45, 7) is 1.21. The van der Waals surface area contributed by atoms with E-state index in [1.807, 2.05) is 0 Å². The summed E-state index contributed by atoms with van der Waals surface area (Å²) in [7, 11) is 1.15. The number of nitrogens with one attached hydrogen (secondary N) is 1. The van der Waals surface area contributed by atoms with Crippen molar-refractivity contribution >= 4 is 35.0 Å². The number of esters is 1. The maximum Gasteiger partial charge on any atom is 0.342 e. The topological polar surface area (TPSA) is 92.7 Å². The second-order valence-electron chi connectivity index (χ2n) is 3.72. The first-order valence-corrected chi connectivity index (χ1v) is 5.84.